The van der Waals surface area contributed by atoms with Gasteiger partial charge in [0.15, 0.2) is 11.3 Å². The quantitative estimate of drug-likeness (QED) is 0.782. The summed E-state index contributed by atoms with van der Waals surface area (Å²) in [6, 6.07) is 0. The van der Waals surface area contributed by atoms with Gasteiger partial charge in [-0.3, -0.25) is 9.20 Å². The molecule has 0 radical (unpaired) electrons. The van der Waals surface area contributed by atoms with Crippen LogP contribution < -0.4 is 5.56 Å². The fourth-order valence-corrected chi connectivity index (χ4v) is 1.62. The van der Waals surface area contributed by atoms with Crippen molar-refractivity contribution in [3.63, 3.8) is 0 Å². The molecule has 0 saturated heterocycles. The van der Waals surface area contributed by atoms with E-state index in [-0.39, 0.29) is 17.9 Å². The number of aromatic nitrogens is 3. The Labute approximate surface area is 97.3 Å². The van der Waals surface area contributed by atoms with Crippen LogP contribution in [0.15, 0.2) is 11.1 Å². The maximum atomic E-state index is 11.6. The molecule has 0 atom stereocenters. The van der Waals surface area contributed by atoms with E-state index in [1.165, 1.54) is 6.33 Å². The second-order valence-electron chi connectivity index (χ2n) is 3.70. The number of fused-ring (bicyclic) bond motifs is 1. The number of aromatic amines is 1. The first-order chi connectivity index (χ1) is 8.06. The number of ether oxygens (including phenoxy) is 1. The van der Waals surface area contributed by atoms with Crippen LogP contribution in [-0.4, -0.2) is 26.9 Å². The summed E-state index contributed by atoms with van der Waals surface area (Å²) in [6.45, 7) is 5.51. The standard InChI is InChI=1S/C11H13N3O3/c1-4-17-11(16)8-9-13-10(15)6(2)7(3)14(9)5-12-8/h5H,4H2,1-3H3,(H,13,15). The van der Waals surface area contributed by atoms with Crippen LogP contribution >= 0.6 is 0 Å². The van der Waals surface area contributed by atoms with Gasteiger partial charge in [0, 0.05) is 11.3 Å². The van der Waals surface area contributed by atoms with E-state index in [4.69, 9.17) is 4.74 Å². The third-order valence-corrected chi connectivity index (χ3v) is 2.71. The lowest BCUT2D eigenvalue weighted by molar-refractivity contribution is 0.0522. The van der Waals surface area contributed by atoms with Crippen LogP contribution in [0.2, 0.25) is 0 Å². The number of hydrogen-bond donors (Lipinski definition) is 1. The van der Waals surface area contributed by atoms with Gasteiger partial charge in [0.25, 0.3) is 5.56 Å². The Morgan fingerprint density at radius 3 is 2.88 bits per heavy atom. The average molecular weight is 235 g/mol. The van der Waals surface area contributed by atoms with E-state index in [0.29, 0.717) is 11.2 Å². The molecule has 0 fully saturated rings. The Kier molecular flexibility index (Phi) is 2.71. The molecule has 0 aliphatic rings. The first-order valence-electron chi connectivity index (χ1n) is 5.30. The highest BCUT2D eigenvalue weighted by Gasteiger charge is 2.17. The summed E-state index contributed by atoms with van der Waals surface area (Å²) in [5.41, 5.74) is 1.64. The Hall–Kier alpha value is -2.11. The Balaban J connectivity index is 2.70. The maximum absolute atomic E-state index is 11.6. The lowest BCUT2D eigenvalue weighted by Crippen LogP contribution is -2.16. The number of imidazole rings is 1. The number of nitrogens with one attached hydrogen (secondary N) is 1. The molecule has 0 aliphatic carbocycles. The number of aryl methyl sites for hydroxylation is 1. The van der Waals surface area contributed by atoms with Gasteiger partial charge < -0.3 is 9.72 Å². The van der Waals surface area contributed by atoms with Gasteiger partial charge in [0.05, 0.1) is 6.61 Å². The fraction of sp³-hybridized carbons (Fsp3) is 0.364. The second kappa shape index (κ2) is 4.04. The van der Waals surface area contributed by atoms with Crippen molar-refractivity contribution in [1.29, 1.82) is 0 Å². The van der Waals surface area contributed by atoms with Crippen molar-refractivity contribution >= 4 is 11.6 Å². The second-order valence-corrected chi connectivity index (χ2v) is 3.70. The minimum Gasteiger partial charge on any atom is -0.461 e. The first kappa shape index (κ1) is 11.4. The van der Waals surface area contributed by atoms with Crippen molar-refractivity contribution in [2.75, 3.05) is 6.61 Å². The predicted molar refractivity (Wildman–Crippen MR) is 61.2 cm³/mol. The topological polar surface area (TPSA) is 76.5 Å². The zero-order valence-electron chi connectivity index (χ0n) is 9.90. The summed E-state index contributed by atoms with van der Waals surface area (Å²) in [6.07, 6.45) is 1.50. The molecule has 6 heteroatoms. The van der Waals surface area contributed by atoms with E-state index in [1.807, 2.05) is 0 Å². The lowest BCUT2D eigenvalue weighted by Gasteiger charge is -2.03. The molecule has 0 aromatic carbocycles. The molecule has 2 aromatic rings. The molecule has 2 heterocycles. The molecule has 2 aromatic heterocycles. The first-order valence-corrected chi connectivity index (χ1v) is 5.30. The van der Waals surface area contributed by atoms with Gasteiger partial charge in [-0.2, -0.15) is 0 Å². The number of hydrogen-bond acceptors (Lipinski definition) is 4. The monoisotopic (exact) mass is 235 g/mol. The molecule has 0 bridgehead atoms. The predicted octanol–water partition coefficient (Wildman–Crippen LogP) is 0.816. The highest BCUT2D eigenvalue weighted by Crippen LogP contribution is 2.10. The van der Waals surface area contributed by atoms with Crippen molar-refractivity contribution in [2.45, 2.75) is 20.8 Å². The van der Waals surface area contributed by atoms with Gasteiger partial charge in [0.1, 0.15) is 6.33 Å². The van der Waals surface area contributed by atoms with Gasteiger partial charge in [-0.05, 0) is 20.8 Å². The Morgan fingerprint density at radius 1 is 1.53 bits per heavy atom. The SMILES string of the molecule is CCOC(=O)c1ncn2c(C)c(C)c(=O)[nH]c12. The molecular weight excluding hydrogens is 222 g/mol. The number of H-pyrrole nitrogens is 1. The van der Waals surface area contributed by atoms with E-state index in [1.54, 1.807) is 25.2 Å². The number of nitrogens with zero attached hydrogens (tertiary/aromatic N) is 2. The Morgan fingerprint density at radius 2 is 2.24 bits per heavy atom. The summed E-state index contributed by atoms with van der Waals surface area (Å²) in [7, 11) is 0. The van der Waals surface area contributed by atoms with Gasteiger partial charge in [-0.1, -0.05) is 0 Å². The van der Waals surface area contributed by atoms with Crippen molar-refractivity contribution in [3.8, 4) is 0 Å². The zero-order valence-corrected chi connectivity index (χ0v) is 9.90. The minimum atomic E-state index is -0.533. The third-order valence-electron chi connectivity index (χ3n) is 2.71. The molecule has 90 valence electrons. The highest BCUT2D eigenvalue weighted by molar-refractivity contribution is 5.93. The normalized spacial score (nSPS) is 10.8. The van der Waals surface area contributed by atoms with Crippen LogP contribution in [0.4, 0.5) is 0 Å². The summed E-state index contributed by atoms with van der Waals surface area (Å²) in [4.78, 5) is 29.8. The molecular formula is C11H13N3O3. The minimum absolute atomic E-state index is 0.132. The molecule has 0 unspecified atom stereocenters. The number of esters is 1. The summed E-state index contributed by atoms with van der Waals surface area (Å²) in [5.74, 6) is -0.533. The smallest absolute Gasteiger partial charge is 0.360 e. The molecule has 0 amide bonds. The fourth-order valence-electron chi connectivity index (χ4n) is 1.62. The van der Waals surface area contributed by atoms with E-state index < -0.39 is 5.97 Å². The zero-order chi connectivity index (χ0) is 12.6. The van der Waals surface area contributed by atoms with Crippen LogP contribution in [0.3, 0.4) is 0 Å². The number of rotatable bonds is 2. The third kappa shape index (κ3) is 1.71. The average Bonchev–Trinajstić information content (AvgIpc) is 2.70. The lowest BCUT2D eigenvalue weighted by atomic mass is 10.2. The van der Waals surface area contributed by atoms with E-state index in [0.717, 1.165) is 5.69 Å². The van der Waals surface area contributed by atoms with E-state index in [9.17, 15) is 9.59 Å². The van der Waals surface area contributed by atoms with Crippen LogP contribution in [0.25, 0.3) is 5.65 Å². The van der Waals surface area contributed by atoms with Crippen molar-refractivity contribution in [1.82, 2.24) is 14.4 Å². The molecule has 1 N–H and O–H groups in total. The molecule has 6 nitrogen and oxygen atoms in total. The number of carbonyl (C=O) groups excluding carboxylic acids is 1. The van der Waals surface area contributed by atoms with E-state index >= 15 is 0 Å². The van der Waals surface area contributed by atoms with Gasteiger partial charge >= 0.3 is 5.97 Å². The number of carbonyl (C=O) groups is 1. The van der Waals surface area contributed by atoms with Crippen molar-refractivity contribution in [2.24, 2.45) is 0 Å². The van der Waals surface area contributed by atoms with Crippen LogP contribution in [0.1, 0.15) is 28.7 Å². The van der Waals surface area contributed by atoms with Gasteiger partial charge in [-0.25, -0.2) is 9.78 Å². The maximum Gasteiger partial charge on any atom is 0.360 e. The molecule has 2 rings (SSSR count). The van der Waals surface area contributed by atoms with Crippen LogP contribution in [-0.2, 0) is 4.74 Å². The van der Waals surface area contributed by atoms with Crippen LogP contribution in [0, 0.1) is 13.8 Å². The summed E-state index contributed by atoms with van der Waals surface area (Å²) in [5, 5.41) is 0. The van der Waals surface area contributed by atoms with Crippen LogP contribution in [0.5, 0.6) is 0 Å². The van der Waals surface area contributed by atoms with E-state index in [2.05, 4.69) is 9.97 Å². The highest BCUT2D eigenvalue weighted by atomic mass is 16.5. The van der Waals surface area contributed by atoms with Crippen molar-refractivity contribution in [3.05, 3.63) is 33.6 Å². The summed E-state index contributed by atoms with van der Waals surface area (Å²) < 4.78 is 6.54. The molecule has 0 aliphatic heterocycles. The molecule has 17 heavy (non-hydrogen) atoms. The molecule has 0 spiro atoms. The summed E-state index contributed by atoms with van der Waals surface area (Å²) >= 11 is 0. The Bertz CT molecular complexity index is 639. The van der Waals surface area contributed by atoms with Gasteiger partial charge in [0.2, 0.25) is 0 Å². The van der Waals surface area contributed by atoms with Crippen molar-refractivity contribution < 1.29 is 9.53 Å². The largest absolute Gasteiger partial charge is 0.461 e. The van der Waals surface area contributed by atoms with Gasteiger partial charge in [-0.15, -0.1) is 0 Å². The molecule has 0 saturated carbocycles.